The van der Waals surface area contributed by atoms with Gasteiger partial charge in [-0.25, -0.2) is 13.8 Å². The third-order valence-corrected chi connectivity index (χ3v) is 6.87. The molecule has 2 unspecified atom stereocenters. The summed E-state index contributed by atoms with van der Waals surface area (Å²) in [6, 6.07) is 4.94. The fourth-order valence-electron chi connectivity index (χ4n) is 4.30. The van der Waals surface area contributed by atoms with E-state index in [1.165, 1.54) is 24.6 Å². The van der Waals surface area contributed by atoms with Crippen molar-refractivity contribution in [3.63, 3.8) is 0 Å². The summed E-state index contributed by atoms with van der Waals surface area (Å²) in [4.78, 5) is 14.7. The number of benzene rings is 2. The van der Waals surface area contributed by atoms with Crippen LogP contribution in [0.5, 0.6) is 5.75 Å². The summed E-state index contributed by atoms with van der Waals surface area (Å²) in [5.41, 5.74) is -0.650. The number of hydrogen-bond acceptors (Lipinski definition) is 6. The Morgan fingerprint density at radius 2 is 2.03 bits per heavy atom. The van der Waals surface area contributed by atoms with Crippen molar-refractivity contribution in [3.05, 3.63) is 47.7 Å². The van der Waals surface area contributed by atoms with Gasteiger partial charge in [0.15, 0.2) is 5.82 Å². The topological polar surface area (TPSA) is 74.2 Å². The molecule has 1 saturated heterocycles. The lowest BCUT2D eigenvalue weighted by molar-refractivity contribution is -0.0497. The number of terminal acetylenes is 1. The Balaban J connectivity index is 1.90. The Bertz CT molecular complexity index is 1560. The van der Waals surface area contributed by atoms with Crippen LogP contribution in [0.3, 0.4) is 0 Å². The quantitative estimate of drug-likeness (QED) is 0.161. The number of fused-ring (bicyclic) bond motifs is 2. The number of nitrogens with zero attached hydrogens (tertiary/aromatic N) is 4. The summed E-state index contributed by atoms with van der Waals surface area (Å²) >= 11 is -1.60. The minimum Gasteiger partial charge on any atom is -0.609 e. The first kappa shape index (κ1) is 24.1. The predicted molar refractivity (Wildman–Crippen MR) is 129 cm³/mol. The zero-order chi connectivity index (χ0) is 25.7. The van der Waals surface area contributed by atoms with Crippen LogP contribution in [-0.4, -0.2) is 45.0 Å². The Kier molecular flexibility index (Phi) is 6.10. The summed E-state index contributed by atoms with van der Waals surface area (Å²) in [6.07, 6.45) is 9.17. The highest BCUT2D eigenvalue weighted by molar-refractivity contribution is 7.90. The van der Waals surface area contributed by atoms with Crippen molar-refractivity contribution in [2.75, 3.05) is 17.7 Å². The molecule has 0 saturated carbocycles. The molecule has 184 valence electrons. The Labute approximate surface area is 206 Å². The van der Waals surface area contributed by atoms with Crippen LogP contribution in [0.4, 0.5) is 23.4 Å². The third-order valence-electron chi connectivity index (χ3n) is 6.16. The van der Waals surface area contributed by atoms with E-state index < -0.39 is 29.4 Å². The van der Waals surface area contributed by atoms with Gasteiger partial charge in [0, 0.05) is 40.9 Å². The van der Waals surface area contributed by atoms with Crippen LogP contribution >= 0.6 is 0 Å². The van der Waals surface area contributed by atoms with E-state index in [-0.39, 0.29) is 50.1 Å². The van der Waals surface area contributed by atoms with Crippen LogP contribution in [-0.2, 0) is 11.2 Å². The van der Waals surface area contributed by atoms with Crippen molar-refractivity contribution < 1.29 is 26.9 Å². The van der Waals surface area contributed by atoms with Gasteiger partial charge in [0.1, 0.15) is 34.9 Å². The van der Waals surface area contributed by atoms with Gasteiger partial charge in [-0.2, -0.15) is 18.7 Å². The van der Waals surface area contributed by atoms with Gasteiger partial charge in [0.25, 0.3) is 0 Å². The van der Waals surface area contributed by atoms with Crippen LogP contribution in [0, 0.1) is 24.0 Å². The molecule has 4 aromatic rings. The maximum absolute atomic E-state index is 16.1. The fraction of sp³-hybridized carbons (Fsp3) is 0.240. The van der Waals surface area contributed by atoms with E-state index in [4.69, 9.17) is 6.42 Å². The van der Waals surface area contributed by atoms with Gasteiger partial charge < -0.3 is 14.2 Å². The second-order valence-corrected chi connectivity index (χ2v) is 9.59. The average Bonchev–Trinajstić information content (AvgIpc) is 2.83. The Morgan fingerprint density at radius 3 is 2.64 bits per heavy atom. The van der Waals surface area contributed by atoms with Gasteiger partial charge in [-0.1, -0.05) is 12.0 Å². The monoisotopic (exact) mass is 514 g/mol. The van der Waals surface area contributed by atoms with E-state index in [1.807, 2.05) is 11.8 Å². The van der Waals surface area contributed by atoms with Gasteiger partial charge in [-0.05, 0) is 36.9 Å². The van der Waals surface area contributed by atoms with E-state index in [1.54, 1.807) is 0 Å². The van der Waals surface area contributed by atoms with E-state index in [9.17, 15) is 17.7 Å². The minimum atomic E-state index is -3.15. The smallest absolute Gasteiger partial charge is 0.387 e. The standard InChI is InChI=1S/C25H18F4N4O2S/c1-4-15-18(26)6-5-13-9-14(35-24(28)29)10-16(19(13)15)21-20(27)22-17(11-30-25(32-22)36(3)34)23(31-21)33-8-7-12(33)2/h1,5-6,9-12,24H,7-8H2,2-3H3. The highest BCUT2D eigenvalue weighted by Crippen LogP contribution is 2.41. The zero-order valence-corrected chi connectivity index (χ0v) is 19.9. The summed E-state index contributed by atoms with van der Waals surface area (Å²) in [6.45, 7) is -0.547. The lowest BCUT2D eigenvalue weighted by Crippen LogP contribution is -2.46. The fourth-order valence-corrected chi connectivity index (χ4v) is 4.72. The molecule has 1 fully saturated rings. The lowest BCUT2D eigenvalue weighted by atomic mass is 9.95. The molecular weight excluding hydrogens is 496 g/mol. The molecule has 2 aromatic heterocycles. The number of hydrogen-bond donors (Lipinski definition) is 0. The van der Waals surface area contributed by atoms with E-state index in [0.29, 0.717) is 17.7 Å². The number of pyridine rings is 1. The number of ether oxygens (including phenoxy) is 1. The summed E-state index contributed by atoms with van der Waals surface area (Å²) in [5, 5.41) is 0.581. The largest absolute Gasteiger partial charge is 0.609 e. The first-order chi connectivity index (χ1) is 17.2. The molecule has 0 amide bonds. The molecule has 0 spiro atoms. The number of alkyl halides is 2. The molecule has 0 bridgehead atoms. The van der Waals surface area contributed by atoms with Crippen LogP contribution < -0.4 is 9.64 Å². The van der Waals surface area contributed by atoms with Crippen LogP contribution in [0.2, 0.25) is 0 Å². The molecule has 6 nitrogen and oxygen atoms in total. The van der Waals surface area contributed by atoms with Gasteiger partial charge in [0.05, 0.1) is 10.9 Å². The Morgan fingerprint density at radius 1 is 1.25 bits per heavy atom. The van der Waals surface area contributed by atoms with Crippen molar-refractivity contribution in [1.29, 1.82) is 0 Å². The Hall–Kier alpha value is -3.62. The number of halogens is 4. The van der Waals surface area contributed by atoms with E-state index >= 15 is 4.39 Å². The minimum absolute atomic E-state index is 0.0396. The second-order valence-electron chi connectivity index (χ2n) is 8.31. The van der Waals surface area contributed by atoms with Gasteiger partial charge >= 0.3 is 11.8 Å². The summed E-state index contributed by atoms with van der Waals surface area (Å²) in [5.74, 6) is 0.694. The molecule has 0 aliphatic carbocycles. The molecular formula is C25H18F4N4O2S. The number of aromatic nitrogens is 3. The van der Waals surface area contributed by atoms with Crippen LogP contribution in [0.15, 0.2) is 35.6 Å². The highest BCUT2D eigenvalue weighted by Gasteiger charge is 2.31. The first-order valence-corrected chi connectivity index (χ1v) is 12.4. The second kappa shape index (κ2) is 9.11. The molecule has 2 aromatic carbocycles. The highest BCUT2D eigenvalue weighted by atomic mass is 32.2. The molecule has 2 atom stereocenters. The molecule has 1 aliphatic rings. The summed E-state index contributed by atoms with van der Waals surface area (Å²) in [7, 11) is 0. The molecule has 5 rings (SSSR count). The lowest BCUT2D eigenvalue weighted by Gasteiger charge is -2.40. The van der Waals surface area contributed by atoms with Gasteiger partial charge in [0.2, 0.25) is 0 Å². The molecule has 1 aliphatic heterocycles. The van der Waals surface area contributed by atoms with Crippen molar-refractivity contribution in [1.82, 2.24) is 15.0 Å². The molecule has 36 heavy (non-hydrogen) atoms. The SMILES string of the molecule is C#Cc1c(F)ccc2cc(OC(F)F)cc(-c3nc(N4CCC4C)c4cnc([S+](C)[O-])nc4c3F)c12. The summed E-state index contributed by atoms with van der Waals surface area (Å²) < 4.78 is 73.6. The van der Waals surface area contributed by atoms with Crippen molar-refractivity contribution >= 4 is 38.7 Å². The first-order valence-electron chi connectivity index (χ1n) is 10.8. The van der Waals surface area contributed by atoms with E-state index in [0.717, 1.165) is 18.6 Å². The number of rotatable bonds is 5. The molecule has 0 radical (unpaired) electrons. The predicted octanol–water partition coefficient (Wildman–Crippen LogP) is 5.04. The molecule has 0 N–H and O–H groups in total. The molecule has 11 heteroatoms. The van der Waals surface area contributed by atoms with Gasteiger partial charge in [-0.15, -0.1) is 6.42 Å². The van der Waals surface area contributed by atoms with Crippen LogP contribution in [0.1, 0.15) is 18.9 Å². The van der Waals surface area contributed by atoms with Crippen molar-refractivity contribution in [3.8, 4) is 29.4 Å². The number of anilines is 1. The third kappa shape index (κ3) is 3.96. The zero-order valence-electron chi connectivity index (χ0n) is 19.1. The average molecular weight is 515 g/mol. The van der Waals surface area contributed by atoms with Crippen LogP contribution in [0.25, 0.3) is 32.9 Å². The maximum atomic E-state index is 16.1. The van der Waals surface area contributed by atoms with Crippen molar-refractivity contribution in [2.45, 2.75) is 31.2 Å². The maximum Gasteiger partial charge on any atom is 0.387 e. The van der Waals surface area contributed by atoms with E-state index in [2.05, 4.69) is 25.6 Å². The normalized spacial score (nSPS) is 16.3. The molecule has 3 heterocycles. The van der Waals surface area contributed by atoms with Crippen molar-refractivity contribution in [2.24, 2.45) is 0 Å². The van der Waals surface area contributed by atoms with Gasteiger partial charge in [-0.3, -0.25) is 0 Å².